The fraction of sp³-hybridized carbons (Fsp3) is 0.286. The molecule has 2 aromatic rings. The lowest BCUT2D eigenvalue weighted by Crippen LogP contribution is -2.36. The number of thioether (sulfide) groups is 1. The largest absolute Gasteiger partial charge is 0.326 e. The van der Waals surface area contributed by atoms with Gasteiger partial charge in [-0.15, -0.1) is 0 Å². The average Bonchev–Trinajstić information content (AvgIpc) is 2.93. The van der Waals surface area contributed by atoms with Crippen molar-refractivity contribution in [2.45, 2.75) is 25.5 Å². The molecule has 0 aromatic heterocycles. The van der Waals surface area contributed by atoms with Crippen LogP contribution in [0.5, 0.6) is 0 Å². The summed E-state index contributed by atoms with van der Waals surface area (Å²) in [6.07, 6.45) is 0.0310. The van der Waals surface area contributed by atoms with Crippen LogP contribution in [0.1, 0.15) is 20.3 Å². The van der Waals surface area contributed by atoms with Gasteiger partial charge in [-0.1, -0.05) is 43.8 Å². The topological polar surface area (TPSA) is 61.8 Å². The molecule has 1 N–H and O–H groups in total. The molecule has 28 heavy (non-hydrogen) atoms. The number of halogens is 1. The Labute approximate surface area is 168 Å². The highest BCUT2D eigenvalue weighted by Crippen LogP contribution is 2.32. The van der Waals surface area contributed by atoms with Crippen molar-refractivity contribution in [3.8, 4) is 0 Å². The fourth-order valence-corrected chi connectivity index (χ4v) is 3.95. The van der Waals surface area contributed by atoms with Gasteiger partial charge in [-0.25, -0.2) is 9.38 Å². The van der Waals surface area contributed by atoms with Gasteiger partial charge in [0.15, 0.2) is 5.17 Å². The van der Waals surface area contributed by atoms with E-state index < -0.39 is 5.25 Å². The molecule has 0 bridgehead atoms. The van der Waals surface area contributed by atoms with E-state index in [-0.39, 0.29) is 30.0 Å². The molecule has 2 amide bonds. The Kier molecular flexibility index (Phi) is 6.46. The first kappa shape index (κ1) is 20.1. The van der Waals surface area contributed by atoms with E-state index in [1.807, 2.05) is 44.2 Å². The van der Waals surface area contributed by atoms with Gasteiger partial charge in [-0.3, -0.25) is 14.5 Å². The third-order valence-electron chi connectivity index (χ3n) is 4.05. The summed E-state index contributed by atoms with van der Waals surface area (Å²) in [7, 11) is 0. The van der Waals surface area contributed by atoms with Crippen LogP contribution >= 0.6 is 11.8 Å². The number of benzene rings is 2. The summed E-state index contributed by atoms with van der Waals surface area (Å²) < 4.78 is 13.0. The minimum Gasteiger partial charge on any atom is -0.326 e. The lowest BCUT2D eigenvalue weighted by Gasteiger charge is -2.18. The van der Waals surface area contributed by atoms with Crippen LogP contribution in [0.4, 0.5) is 15.8 Å². The Bertz CT molecular complexity index is 869. The van der Waals surface area contributed by atoms with Gasteiger partial charge in [0.2, 0.25) is 11.8 Å². The lowest BCUT2D eigenvalue weighted by molar-refractivity contribution is -0.128. The van der Waals surface area contributed by atoms with Crippen LogP contribution in [0.2, 0.25) is 0 Å². The molecule has 1 aliphatic heterocycles. The highest BCUT2D eigenvalue weighted by atomic mass is 32.2. The number of rotatable bonds is 6. The third-order valence-corrected chi connectivity index (χ3v) is 5.22. The molecule has 7 heteroatoms. The molecular weight excluding hydrogens is 377 g/mol. The molecule has 5 nitrogen and oxygen atoms in total. The van der Waals surface area contributed by atoms with Crippen molar-refractivity contribution in [3.63, 3.8) is 0 Å². The summed E-state index contributed by atoms with van der Waals surface area (Å²) in [6.45, 7) is 4.62. The predicted molar refractivity (Wildman–Crippen MR) is 111 cm³/mol. The highest BCUT2D eigenvalue weighted by molar-refractivity contribution is 8.15. The second-order valence-corrected chi connectivity index (χ2v) is 8.11. The number of anilines is 1. The minimum atomic E-state index is -0.526. The van der Waals surface area contributed by atoms with E-state index in [1.54, 1.807) is 4.90 Å². The SMILES string of the molecule is CC(C)CN1C(=O)C(CC(=O)Nc2ccc(F)cc2)SC1=Nc1ccccc1. The van der Waals surface area contributed by atoms with E-state index >= 15 is 0 Å². The fourth-order valence-electron chi connectivity index (χ4n) is 2.78. The van der Waals surface area contributed by atoms with Gasteiger partial charge in [0.05, 0.1) is 5.69 Å². The Balaban J connectivity index is 1.72. The highest BCUT2D eigenvalue weighted by Gasteiger charge is 2.39. The number of aliphatic imine (C=N–C) groups is 1. The van der Waals surface area contributed by atoms with Gasteiger partial charge >= 0.3 is 0 Å². The molecule has 1 heterocycles. The monoisotopic (exact) mass is 399 g/mol. The van der Waals surface area contributed by atoms with Crippen LogP contribution in [-0.4, -0.2) is 33.7 Å². The molecule has 1 fully saturated rings. The van der Waals surface area contributed by atoms with Gasteiger partial charge in [0.25, 0.3) is 0 Å². The van der Waals surface area contributed by atoms with Gasteiger partial charge in [0.1, 0.15) is 11.1 Å². The van der Waals surface area contributed by atoms with E-state index in [0.717, 1.165) is 5.69 Å². The quantitative estimate of drug-likeness (QED) is 0.781. The number of hydrogen-bond donors (Lipinski definition) is 1. The third kappa shape index (κ3) is 5.19. The van der Waals surface area contributed by atoms with Gasteiger partial charge < -0.3 is 5.32 Å². The van der Waals surface area contributed by atoms with Crippen LogP contribution in [0, 0.1) is 11.7 Å². The molecule has 1 unspecified atom stereocenters. The van der Waals surface area contributed by atoms with Crippen molar-refractivity contribution >= 4 is 40.1 Å². The molecular formula is C21H22FN3O2S. The second kappa shape index (κ2) is 9.01. The van der Waals surface area contributed by atoms with Gasteiger partial charge in [-0.05, 0) is 42.3 Å². The second-order valence-electron chi connectivity index (χ2n) is 6.94. The summed E-state index contributed by atoms with van der Waals surface area (Å²) in [5.74, 6) is -0.492. The zero-order valence-corrected chi connectivity index (χ0v) is 16.6. The lowest BCUT2D eigenvalue weighted by atomic mass is 10.2. The zero-order valence-electron chi connectivity index (χ0n) is 15.8. The summed E-state index contributed by atoms with van der Waals surface area (Å²) in [6, 6.07) is 15.0. The van der Waals surface area contributed by atoms with Crippen LogP contribution in [0.15, 0.2) is 59.6 Å². The van der Waals surface area contributed by atoms with Crippen molar-refractivity contribution in [1.82, 2.24) is 4.90 Å². The van der Waals surface area contributed by atoms with E-state index in [4.69, 9.17) is 0 Å². The van der Waals surface area contributed by atoms with Gasteiger partial charge in [0, 0.05) is 18.7 Å². The number of hydrogen-bond acceptors (Lipinski definition) is 4. The van der Waals surface area contributed by atoms with Crippen LogP contribution in [-0.2, 0) is 9.59 Å². The number of para-hydroxylation sites is 1. The molecule has 0 saturated carbocycles. The van der Waals surface area contributed by atoms with Crippen molar-refractivity contribution < 1.29 is 14.0 Å². The molecule has 3 rings (SSSR count). The van der Waals surface area contributed by atoms with Crippen molar-refractivity contribution in [3.05, 3.63) is 60.4 Å². The van der Waals surface area contributed by atoms with Crippen LogP contribution in [0.3, 0.4) is 0 Å². The van der Waals surface area contributed by atoms with E-state index in [2.05, 4.69) is 10.3 Å². The first-order valence-corrected chi connectivity index (χ1v) is 9.97. The Morgan fingerprint density at radius 1 is 1.18 bits per heavy atom. The normalized spacial score (nSPS) is 18.1. The smallest absolute Gasteiger partial charge is 0.242 e. The molecule has 0 aliphatic carbocycles. The van der Waals surface area contributed by atoms with Crippen LogP contribution in [0.25, 0.3) is 0 Å². The predicted octanol–water partition coefficient (Wildman–Crippen LogP) is 4.44. The number of amides is 2. The number of carbonyl (C=O) groups is 2. The van der Waals surface area contributed by atoms with Crippen molar-refractivity contribution in [1.29, 1.82) is 0 Å². The van der Waals surface area contributed by atoms with Crippen molar-refractivity contribution in [2.24, 2.45) is 10.9 Å². The first-order chi connectivity index (χ1) is 13.4. The number of nitrogens with one attached hydrogen (secondary N) is 1. The summed E-state index contributed by atoms with van der Waals surface area (Å²) in [5.41, 5.74) is 1.27. The van der Waals surface area contributed by atoms with E-state index in [9.17, 15) is 14.0 Å². The Hall–Kier alpha value is -2.67. The maximum Gasteiger partial charge on any atom is 0.242 e. The maximum absolute atomic E-state index is 13.0. The molecule has 1 saturated heterocycles. The Morgan fingerprint density at radius 3 is 2.50 bits per heavy atom. The molecule has 2 aromatic carbocycles. The molecule has 0 spiro atoms. The number of amidine groups is 1. The van der Waals surface area contributed by atoms with Crippen LogP contribution < -0.4 is 5.32 Å². The Morgan fingerprint density at radius 2 is 1.86 bits per heavy atom. The summed E-state index contributed by atoms with van der Waals surface area (Å²) >= 11 is 1.31. The average molecular weight is 399 g/mol. The minimum absolute atomic E-state index is 0.0310. The molecule has 1 atom stereocenters. The number of carbonyl (C=O) groups excluding carboxylic acids is 2. The first-order valence-electron chi connectivity index (χ1n) is 9.09. The standard InChI is InChI=1S/C21H22FN3O2S/c1-14(2)13-25-20(27)18(28-21(25)24-16-6-4-3-5-7-16)12-19(26)23-17-10-8-15(22)9-11-17/h3-11,14,18H,12-13H2,1-2H3,(H,23,26). The van der Waals surface area contributed by atoms with Gasteiger partial charge in [-0.2, -0.15) is 0 Å². The zero-order chi connectivity index (χ0) is 20.1. The maximum atomic E-state index is 13.0. The molecule has 146 valence electrons. The molecule has 0 radical (unpaired) electrons. The van der Waals surface area contributed by atoms with E-state index in [1.165, 1.54) is 36.0 Å². The van der Waals surface area contributed by atoms with Crippen molar-refractivity contribution in [2.75, 3.05) is 11.9 Å². The summed E-state index contributed by atoms with van der Waals surface area (Å²) in [4.78, 5) is 31.5. The van der Waals surface area contributed by atoms with E-state index in [0.29, 0.717) is 17.4 Å². The molecule has 1 aliphatic rings. The number of nitrogens with zero attached hydrogens (tertiary/aromatic N) is 2. The summed E-state index contributed by atoms with van der Waals surface area (Å²) in [5, 5.41) is 2.80.